The first kappa shape index (κ1) is 15.3. The van der Waals surface area contributed by atoms with Crippen LogP contribution in [0.2, 0.25) is 0 Å². The molecule has 1 aromatic carbocycles. The Morgan fingerprint density at radius 3 is 2.65 bits per heavy atom. The van der Waals surface area contributed by atoms with Crippen LogP contribution in [-0.4, -0.2) is 38.1 Å². The normalized spacial score (nSPS) is 21.6. The lowest BCUT2D eigenvalue weighted by Gasteiger charge is -2.34. The van der Waals surface area contributed by atoms with Gasteiger partial charge in [0.15, 0.2) is 0 Å². The van der Waals surface area contributed by atoms with E-state index < -0.39 is 5.54 Å². The summed E-state index contributed by atoms with van der Waals surface area (Å²) in [4.78, 5) is 0. The number of hydrogen-bond acceptors (Lipinski definition) is 4. The van der Waals surface area contributed by atoms with Crippen molar-refractivity contribution in [3.63, 3.8) is 0 Å². The molecule has 1 aliphatic heterocycles. The first-order chi connectivity index (χ1) is 9.74. The van der Waals surface area contributed by atoms with Crippen molar-refractivity contribution in [2.24, 2.45) is 0 Å². The van der Waals surface area contributed by atoms with Gasteiger partial charge >= 0.3 is 0 Å². The Bertz CT molecular complexity index is 395. The molecule has 1 saturated heterocycles. The fourth-order valence-electron chi connectivity index (χ4n) is 2.71. The maximum absolute atomic E-state index is 9.90. The summed E-state index contributed by atoms with van der Waals surface area (Å²) in [6, 6.07) is 7.90. The van der Waals surface area contributed by atoms with E-state index in [-0.39, 0.29) is 12.7 Å². The Morgan fingerprint density at radius 1 is 1.40 bits per heavy atom. The molecule has 0 spiro atoms. The fourth-order valence-corrected chi connectivity index (χ4v) is 2.71. The van der Waals surface area contributed by atoms with Crippen molar-refractivity contribution in [1.82, 2.24) is 5.32 Å². The van der Waals surface area contributed by atoms with Gasteiger partial charge in [-0.05, 0) is 37.0 Å². The highest BCUT2D eigenvalue weighted by Crippen LogP contribution is 2.27. The smallest absolute Gasteiger partial charge is 0.118 e. The monoisotopic (exact) mass is 279 g/mol. The van der Waals surface area contributed by atoms with Crippen LogP contribution < -0.4 is 10.1 Å². The van der Waals surface area contributed by atoms with Gasteiger partial charge in [0, 0.05) is 13.2 Å². The minimum atomic E-state index is -0.405. The average molecular weight is 279 g/mol. The second kappa shape index (κ2) is 7.07. The van der Waals surface area contributed by atoms with Gasteiger partial charge in [-0.2, -0.15) is 0 Å². The van der Waals surface area contributed by atoms with Gasteiger partial charge in [0.1, 0.15) is 5.75 Å². The molecule has 1 fully saturated rings. The molecule has 0 saturated carbocycles. The topological polar surface area (TPSA) is 50.7 Å². The van der Waals surface area contributed by atoms with Crippen LogP contribution in [0.3, 0.4) is 0 Å². The number of nitrogens with one attached hydrogen (secondary N) is 1. The molecule has 112 valence electrons. The zero-order chi connectivity index (χ0) is 14.4. The van der Waals surface area contributed by atoms with E-state index in [1.807, 2.05) is 24.3 Å². The van der Waals surface area contributed by atoms with Gasteiger partial charge in [-0.3, -0.25) is 0 Å². The highest BCUT2D eigenvalue weighted by Gasteiger charge is 2.30. The molecular formula is C16H25NO3. The summed E-state index contributed by atoms with van der Waals surface area (Å²) in [5.74, 6) is 0.829. The van der Waals surface area contributed by atoms with Crippen molar-refractivity contribution < 1.29 is 14.6 Å². The second-order valence-corrected chi connectivity index (χ2v) is 5.34. The van der Waals surface area contributed by atoms with Gasteiger partial charge in [0.05, 0.1) is 25.4 Å². The van der Waals surface area contributed by atoms with Crippen molar-refractivity contribution in [2.45, 2.75) is 37.8 Å². The predicted octanol–water partition coefficient (Wildman–Crippen LogP) is 2.06. The largest absolute Gasteiger partial charge is 0.497 e. The molecule has 2 atom stereocenters. The quantitative estimate of drug-likeness (QED) is 0.802. The summed E-state index contributed by atoms with van der Waals surface area (Å²) in [5.41, 5.74) is 0.680. The highest BCUT2D eigenvalue weighted by molar-refractivity contribution is 5.32. The zero-order valence-corrected chi connectivity index (χ0v) is 12.4. The van der Waals surface area contributed by atoms with E-state index in [9.17, 15) is 5.11 Å². The number of aliphatic hydroxyl groups is 1. The van der Waals surface area contributed by atoms with Gasteiger partial charge < -0.3 is 19.9 Å². The van der Waals surface area contributed by atoms with Crippen LogP contribution in [0.5, 0.6) is 5.75 Å². The fraction of sp³-hybridized carbons (Fsp3) is 0.625. The molecule has 20 heavy (non-hydrogen) atoms. The van der Waals surface area contributed by atoms with E-state index in [0.717, 1.165) is 43.7 Å². The Hall–Kier alpha value is -1.10. The second-order valence-electron chi connectivity index (χ2n) is 5.34. The molecule has 0 radical (unpaired) electrons. The standard InChI is InChI=1S/C16H25NO3/c1-3-16(12-18,17-11-15-5-4-10-20-15)13-6-8-14(19-2)9-7-13/h6-9,15,17-18H,3-5,10-12H2,1-2H3. The van der Waals surface area contributed by atoms with Crippen molar-refractivity contribution in [1.29, 1.82) is 0 Å². The maximum atomic E-state index is 9.90. The van der Waals surface area contributed by atoms with E-state index >= 15 is 0 Å². The number of hydrogen-bond donors (Lipinski definition) is 2. The number of benzene rings is 1. The zero-order valence-electron chi connectivity index (χ0n) is 12.4. The van der Waals surface area contributed by atoms with Crippen LogP contribution in [0.15, 0.2) is 24.3 Å². The van der Waals surface area contributed by atoms with Gasteiger partial charge in [0.25, 0.3) is 0 Å². The van der Waals surface area contributed by atoms with Gasteiger partial charge in [-0.25, -0.2) is 0 Å². The van der Waals surface area contributed by atoms with E-state index in [1.165, 1.54) is 0 Å². The molecule has 4 nitrogen and oxygen atoms in total. The Kier molecular flexibility index (Phi) is 5.40. The van der Waals surface area contributed by atoms with Crippen LogP contribution in [-0.2, 0) is 10.3 Å². The number of rotatable bonds is 7. The summed E-state index contributed by atoms with van der Waals surface area (Å²) in [6.07, 6.45) is 3.32. The molecule has 2 N–H and O–H groups in total. The molecule has 0 amide bonds. The van der Waals surface area contributed by atoms with Crippen LogP contribution in [0, 0.1) is 0 Å². The minimum absolute atomic E-state index is 0.0720. The van der Waals surface area contributed by atoms with Gasteiger partial charge in [-0.1, -0.05) is 19.1 Å². The lowest BCUT2D eigenvalue weighted by atomic mass is 9.87. The number of methoxy groups -OCH3 is 1. The first-order valence-electron chi connectivity index (χ1n) is 7.36. The molecule has 1 aromatic rings. The summed E-state index contributed by atoms with van der Waals surface area (Å²) in [5, 5.41) is 13.4. The van der Waals surface area contributed by atoms with Crippen molar-refractivity contribution in [3.05, 3.63) is 29.8 Å². The SMILES string of the molecule is CCC(CO)(NCC1CCCO1)c1ccc(OC)cc1. The van der Waals surface area contributed by atoms with Crippen LogP contribution in [0.4, 0.5) is 0 Å². The molecule has 4 heteroatoms. The summed E-state index contributed by atoms with van der Waals surface area (Å²) < 4.78 is 10.8. The number of ether oxygens (including phenoxy) is 2. The molecule has 2 rings (SSSR count). The number of aliphatic hydroxyl groups excluding tert-OH is 1. The third-order valence-corrected chi connectivity index (χ3v) is 4.21. The predicted molar refractivity (Wildman–Crippen MR) is 79.0 cm³/mol. The molecular weight excluding hydrogens is 254 g/mol. The van der Waals surface area contributed by atoms with E-state index in [4.69, 9.17) is 9.47 Å². The van der Waals surface area contributed by atoms with Crippen molar-refractivity contribution >= 4 is 0 Å². The molecule has 0 aromatic heterocycles. The molecule has 1 heterocycles. The van der Waals surface area contributed by atoms with Crippen molar-refractivity contribution in [3.8, 4) is 5.75 Å². The maximum Gasteiger partial charge on any atom is 0.118 e. The van der Waals surface area contributed by atoms with E-state index in [1.54, 1.807) is 7.11 Å². The highest BCUT2D eigenvalue weighted by atomic mass is 16.5. The lowest BCUT2D eigenvalue weighted by Crippen LogP contribution is -2.48. The Balaban J connectivity index is 2.09. The molecule has 0 aliphatic carbocycles. The van der Waals surface area contributed by atoms with Crippen LogP contribution >= 0.6 is 0 Å². The van der Waals surface area contributed by atoms with Crippen molar-refractivity contribution in [2.75, 3.05) is 26.9 Å². The third kappa shape index (κ3) is 3.32. The first-order valence-corrected chi connectivity index (χ1v) is 7.36. The van der Waals surface area contributed by atoms with Gasteiger partial charge in [-0.15, -0.1) is 0 Å². The summed E-state index contributed by atoms with van der Waals surface area (Å²) >= 11 is 0. The van der Waals surface area contributed by atoms with E-state index in [2.05, 4.69) is 12.2 Å². The molecule has 2 unspecified atom stereocenters. The third-order valence-electron chi connectivity index (χ3n) is 4.21. The molecule has 1 aliphatic rings. The Morgan fingerprint density at radius 2 is 2.15 bits per heavy atom. The summed E-state index contributed by atoms with van der Waals surface area (Å²) in [6.45, 7) is 3.79. The van der Waals surface area contributed by atoms with Crippen LogP contribution in [0.1, 0.15) is 31.7 Å². The summed E-state index contributed by atoms with van der Waals surface area (Å²) in [7, 11) is 1.66. The van der Waals surface area contributed by atoms with Gasteiger partial charge in [0.2, 0.25) is 0 Å². The van der Waals surface area contributed by atoms with Crippen LogP contribution in [0.25, 0.3) is 0 Å². The average Bonchev–Trinajstić information content (AvgIpc) is 3.03. The Labute approximate surface area is 121 Å². The lowest BCUT2D eigenvalue weighted by molar-refractivity contribution is 0.0857. The van der Waals surface area contributed by atoms with E-state index in [0.29, 0.717) is 0 Å². The minimum Gasteiger partial charge on any atom is -0.497 e. The molecule has 0 bridgehead atoms.